The van der Waals surface area contributed by atoms with E-state index in [1.165, 1.54) is 14.2 Å². The summed E-state index contributed by atoms with van der Waals surface area (Å²) in [5.41, 5.74) is 0. The highest BCUT2D eigenvalue weighted by Crippen LogP contribution is 2.38. The van der Waals surface area contributed by atoms with Crippen LogP contribution in [0.5, 0.6) is 0 Å². The van der Waals surface area contributed by atoms with Crippen LogP contribution in [0.15, 0.2) is 0 Å². The molecule has 0 spiro atoms. The van der Waals surface area contributed by atoms with Crippen LogP contribution in [-0.2, 0) is 66.3 Å². The van der Waals surface area contributed by atoms with Gasteiger partial charge in [0.15, 0.2) is 37.7 Å². The first-order valence-corrected chi connectivity index (χ1v) is 21.9. The maximum Gasteiger partial charge on any atom is 0.187 e. The minimum absolute atomic E-state index is 0.404. The predicted octanol–water partition coefficient (Wildman–Crippen LogP) is -11.7. The highest BCUT2D eigenvalue weighted by molar-refractivity contribution is 5.01. The second-order valence-electron chi connectivity index (χ2n) is 17.4. The zero-order valence-corrected chi connectivity index (χ0v) is 36.4. The van der Waals surface area contributed by atoms with Gasteiger partial charge < -0.3 is 148 Å². The third kappa shape index (κ3) is 10.7. The van der Waals surface area contributed by atoms with E-state index in [-0.39, 0.29) is 0 Å². The number of aliphatic hydroxyl groups is 16. The molecule has 22 fully saturated rings. The minimum Gasteiger partial charge on any atom is -0.394 e. The normalized spacial score (nSPS) is 54.1. The van der Waals surface area contributed by atoms with Crippen molar-refractivity contribution >= 4 is 0 Å². The van der Waals surface area contributed by atoms with E-state index in [1.54, 1.807) is 0 Å². The standard InChI is InChI=1S/C38H64O30/c1-55-7-13-31-20(48)26(54)38(62-13)68-32-14(8-56-2)61-37(25(53)19(32)47)66-30-12(6-42)59-35(23(51)17(30)45)64-28-10(4-40)57-33(21(49)15(28)43)63-27-9(3-39)58-34(22(50)16(27)44)65-29-11(5-41)60-36(67-31)24(52)18(29)46/h9-54H,3-8H2,1-2H3. The van der Waals surface area contributed by atoms with Gasteiger partial charge in [0.1, 0.15) is 146 Å². The number of ether oxygens (including phenoxy) is 14. The molecule has 22 saturated heterocycles. The number of hydrogen-bond donors (Lipinski definition) is 16. The van der Waals surface area contributed by atoms with Crippen LogP contribution < -0.4 is 0 Å². The first kappa shape index (κ1) is 54.6. The molecule has 0 aromatic rings. The van der Waals surface area contributed by atoms with Crippen LogP contribution in [0.3, 0.4) is 0 Å². The highest BCUT2D eigenvalue weighted by atomic mass is 16.8. The molecule has 16 N–H and O–H groups in total. The van der Waals surface area contributed by atoms with E-state index in [0.717, 1.165) is 0 Å². The lowest BCUT2D eigenvalue weighted by Crippen LogP contribution is -2.69. The zero-order chi connectivity index (χ0) is 49.5. The summed E-state index contributed by atoms with van der Waals surface area (Å²) in [6.07, 6.45) is -56.4. The van der Waals surface area contributed by atoms with Gasteiger partial charge in [0.2, 0.25) is 0 Å². The first-order chi connectivity index (χ1) is 32.4. The molecule has 0 saturated carbocycles. The molecule has 30 unspecified atom stereocenters. The second-order valence-corrected chi connectivity index (χ2v) is 17.4. The molecule has 396 valence electrons. The van der Waals surface area contributed by atoms with Gasteiger partial charge in [-0.3, -0.25) is 0 Å². The fourth-order valence-electron chi connectivity index (χ4n) is 9.23. The van der Waals surface area contributed by atoms with Gasteiger partial charge in [-0.2, -0.15) is 0 Å². The number of aliphatic hydroxyl groups excluding tert-OH is 16. The molecule has 0 aromatic heterocycles. The van der Waals surface area contributed by atoms with Crippen molar-refractivity contribution in [3.8, 4) is 0 Å². The Morgan fingerprint density at radius 3 is 0.574 bits per heavy atom. The van der Waals surface area contributed by atoms with Crippen molar-refractivity contribution in [2.45, 2.75) is 184 Å². The highest BCUT2D eigenvalue weighted by Gasteiger charge is 2.58. The Morgan fingerprint density at radius 1 is 0.250 bits per heavy atom. The van der Waals surface area contributed by atoms with Gasteiger partial charge >= 0.3 is 0 Å². The Balaban J connectivity index is 1.20. The molecule has 0 radical (unpaired) electrons. The minimum atomic E-state index is -2.13. The number of methoxy groups -OCH3 is 2. The topological polar surface area (TPSA) is 453 Å². The van der Waals surface area contributed by atoms with Crippen molar-refractivity contribution in [1.29, 1.82) is 0 Å². The van der Waals surface area contributed by atoms with Crippen molar-refractivity contribution in [3.63, 3.8) is 0 Å². The molecule has 0 amide bonds. The molecule has 30 atom stereocenters. The Kier molecular flexibility index (Phi) is 18.7. The molecule has 12 bridgehead atoms. The SMILES string of the molecule is COCC1OC2OC3C(COC)OC(OC4C(CO)OC(OC5C(CO)OC(OC6C(CO)OC(OC7C(CO)OC(OC1C(O)C2O)C(O)C7O)C(O)C6O)C(O)C5O)C(O)C4O)C(O)C3O. The van der Waals surface area contributed by atoms with Crippen LogP contribution in [-0.4, -0.2) is 320 Å². The summed E-state index contributed by atoms with van der Waals surface area (Å²) in [6.45, 7) is -4.70. The van der Waals surface area contributed by atoms with Gasteiger partial charge in [0, 0.05) is 14.2 Å². The molecular formula is C38H64O30. The Bertz CT molecular complexity index is 1540. The van der Waals surface area contributed by atoms with Crippen LogP contribution in [0.25, 0.3) is 0 Å². The van der Waals surface area contributed by atoms with E-state index in [0.29, 0.717) is 0 Å². The van der Waals surface area contributed by atoms with E-state index in [9.17, 15) is 81.7 Å². The molecule has 68 heavy (non-hydrogen) atoms. The molecular weight excluding hydrogens is 936 g/mol. The van der Waals surface area contributed by atoms with Gasteiger partial charge in [0.25, 0.3) is 0 Å². The summed E-state index contributed by atoms with van der Waals surface area (Å²) >= 11 is 0. The van der Waals surface area contributed by atoms with Gasteiger partial charge in [-0.25, -0.2) is 0 Å². The van der Waals surface area contributed by atoms with E-state index in [4.69, 9.17) is 66.3 Å². The Morgan fingerprint density at radius 2 is 0.412 bits per heavy atom. The van der Waals surface area contributed by atoms with Crippen LogP contribution in [0, 0.1) is 0 Å². The molecule has 0 aromatic carbocycles. The van der Waals surface area contributed by atoms with E-state index < -0.39 is 224 Å². The van der Waals surface area contributed by atoms with Gasteiger partial charge in [-0.15, -0.1) is 0 Å². The average Bonchev–Trinajstić information content (AvgIpc) is 3.32. The summed E-state index contributed by atoms with van der Waals surface area (Å²) in [5, 5.41) is 177. The van der Waals surface area contributed by atoms with E-state index in [2.05, 4.69) is 0 Å². The summed E-state index contributed by atoms with van der Waals surface area (Å²) in [5.74, 6) is 0. The van der Waals surface area contributed by atoms with Crippen LogP contribution in [0.2, 0.25) is 0 Å². The van der Waals surface area contributed by atoms with Crippen molar-refractivity contribution < 1.29 is 148 Å². The molecule has 22 rings (SSSR count). The Hall–Kier alpha value is -1.20. The average molecular weight is 1000 g/mol. The monoisotopic (exact) mass is 1000 g/mol. The summed E-state index contributed by atoms with van der Waals surface area (Å²) in [4.78, 5) is 0. The van der Waals surface area contributed by atoms with E-state index >= 15 is 0 Å². The van der Waals surface area contributed by atoms with Crippen LogP contribution in [0.4, 0.5) is 0 Å². The van der Waals surface area contributed by atoms with Gasteiger partial charge in [0.05, 0.1) is 39.6 Å². The zero-order valence-electron chi connectivity index (χ0n) is 36.4. The van der Waals surface area contributed by atoms with Crippen LogP contribution in [0.1, 0.15) is 0 Å². The van der Waals surface area contributed by atoms with Crippen molar-refractivity contribution in [2.75, 3.05) is 53.9 Å². The largest absolute Gasteiger partial charge is 0.394 e. The fraction of sp³-hybridized carbons (Fsp3) is 1.00. The second kappa shape index (κ2) is 23.3. The first-order valence-electron chi connectivity index (χ1n) is 21.9. The maximum absolute atomic E-state index is 11.4. The number of hydrogen-bond acceptors (Lipinski definition) is 30. The number of rotatable bonds is 8. The summed E-state index contributed by atoms with van der Waals surface area (Å²) < 4.78 is 79.8. The molecule has 22 aliphatic rings. The lowest BCUT2D eigenvalue weighted by molar-refractivity contribution is -0.404. The van der Waals surface area contributed by atoms with Gasteiger partial charge in [-0.1, -0.05) is 0 Å². The summed E-state index contributed by atoms with van der Waals surface area (Å²) in [6, 6.07) is 0. The maximum atomic E-state index is 11.4. The van der Waals surface area contributed by atoms with Gasteiger partial charge in [-0.05, 0) is 0 Å². The fourth-order valence-corrected chi connectivity index (χ4v) is 9.23. The molecule has 22 aliphatic heterocycles. The van der Waals surface area contributed by atoms with Crippen molar-refractivity contribution in [2.24, 2.45) is 0 Å². The Labute approximate surface area is 385 Å². The summed E-state index contributed by atoms with van der Waals surface area (Å²) in [7, 11) is 2.47. The lowest BCUT2D eigenvalue weighted by Gasteiger charge is -2.50. The van der Waals surface area contributed by atoms with Crippen LogP contribution >= 0.6 is 0 Å². The third-order valence-electron chi connectivity index (χ3n) is 13.0. The van der Waals surface area contributed by atoms with Crippen molar-refractivity contribution in [3.05, 3.63) is 0 Å². The molecule has 30 heteroatoms. The quantitative estimate of drug-likeness (QED) is 0.107. The smallest absolute Gasteiger partial charge is 0.187 e. The molecule has 22 heterocycles. The molecule has 30 nitrogen and oxygen atoms in total. The lowest BCUT2D eigenvalue weighted by atomic mass is 9.94. The van der Waals surface area contributed by atoms with E-state index in [1.807, 2.05) is 0 Å². The third-order valence-corrected chi connectivity index (χ3v) is 13.0. The van der Waals surface area contributed by atoms with Crippen molar-refractivity contribution in [1.82, 2.24) is 0 Å². The predicted molar refractivity (Wildman–Crippen MR) is 205 cm³/mol. The molecule has 0 aliphatic carbocycles.